The van der Waals surface area contributed by atoms with Crippen molar-refractivity contribution in [3.8, 4) is 6.07 Å². The molecule has 0 atom stereocenters. The second kappa shape index (κ2) is 7.41. The summed E-state index contributed by atoms with van der Waals surface area (Å²) in [5.41, 5.74) is 4.79. The Morgan fingerprint density at radius 1 is 0.913 bits per heavy atom. The summed E-state index contributed by atoms with van der Waals surface area (Å²) < 4.78 is 0. The Balaban J connectivity index is 1.52. The molecule has 0 radical (unpaired) electrons. The summed E-state index contributed by atoms with van der Waals surface area (Å²) in [6.07, 6.45) is 0. The topological polar surface area (TPSA) is 30.3 Å². The van der Waals surface area contributed by atoms with E-state index in [1.165, 1.54) is 16.7 Å². The highest BCUT2D eigenvalue weighted by molar-refractivity contribution is 5.32. The lowest BCUT2D eigenvalue weighted by atomic mass is 10.1. The van der Waals surface area contributed by atoms with Crippen LogP contribution < -0.4 is 0 Å². The van der Waals surface area contributed by atoms with E-state index in [0.29, 0.717) is 0 Å². The molecule has 0 amide bonds. The van der Waals surface area contributed by atoms with Gasteiger partial charge >= 0.3 is 0 Å². The predicted octanol–water partition coefficient (Wildman–Crippen LogP) is 3.18. The first kappa shape index (κ1) is 15.7. The maximum absolute atomic E-state index is 8.99. The Morgan fingerprint density at radius 2 is 1.61 bits per heavy atom. The molecular formula is C20H23N3. The minimum Gasteiger partial charge on any atom is -0.297 e. The van der Waals surface area contributed by atoms with Crippen LogP contribution in [-0.2, 0) is 13.1 Å². The molecule has 1 aliphatic rings. The molecule has 2 aromatic rings. The molecule has 0 aromatic heterocycles. The number of nitriles is 1. The van der Waals surface area contributed by atoms with E-state index in [2.05, 4.69) is 53.1 Å². The predicted molar refractivity (Wildman–Crippen MR) is 92.9 cm³/mol. The van der Waals surface area contributed by atoms with Crippen molar-refractivity contribution < 1.29 is 0 Å². The highest BCUT2D eigenvalue weighted by atomic mass is 15.3. The van der Waals surface area contributed by atoms with Gasteiger partial charge in [-0.25, -0.2) is 0 Å². The van der Waals surface area contributed by atoms with Crippen molar-refractivity contribution in [2.24, 2.45) is 0 Å². The molecule has 0 N–H and O–H groups in total. The molecule has 0 bridgehead atoms. The van der Waals surface area contributed by atoms with Crippen molar-refractivity contribution in [3.05, 3.63) is 70.8 Å². The van der Waals surface area contributed by atoms with E-state index in [-0.39, 0.29) is 0 Å². The summed E-state index contributed by atoms with van der Waals surface area (Å²) in [6, 6.07) is 18.8. The maximum atomic E-state index is 8.99. The van der Waals surface area contributed by atoms with Gasteiger partial charge in [0.15, 0.2) is 0 Å². The summed E-state index contributed by atoms with van der Waals surface area (Å²) in [5.74, 6) is 0. The fourth-order valence-corrected chi connectivity index (χ4v) is 3.13. The number of benzene rings is 2. The lowest BCUT2D eigenvalue weighted by Crippen LogP contribution is -2.45. The SMILES string of the molecule is Cc1ccccc1CN1CCN(Cc2cccc(C#N)c2)CC1. The average Bonchev–Trinajstić information content (AvgIpc) is 2.59. The van der Waals surface area contributed by atoms with Crippen molar-refractivity contribution in [2.75, 3.05) is 26.2 Å². The fraction of sp³-hybridized carbons (Fsp3) is 0.350. The second-order valence-electron chi connectivity index (χ2n) is 6.29. The number of hydrogen-bond donors (Lipinski definition) is 0. The van der Waals surface area contributed by atoms with Gasteiger partial charge < -0.3 is 0 Å². The lowest BCUT2D eigenvalue weighted by molar-refractivity contribution is 0.122. The standard InChI is InChI=1S/C20H23N3/c1-17-5-2-3-8-20(17)16-23-11-9-22(10-12-23)15-19-7-4-6-18(13-19)14-21/h2-8,13H,9-12,15-16H2,1H3. The molecule has 0 unspecified atom stereocenters. The van der Waals surface area contributed by atoms with Gasteiger partial charge in [0.2, 0.25) is 0 Å². The first-order valence-electron chi connectivity index (χ1n) is 8.23. The summed E-state index contributed by atoms with van der Waals surface area (Å²) in [6.45, 7) is 8.55. The van der Waals surface area contributed by atoms with E-state index in [9.17, 15) is 0 Å². The summed E-state index contributed by atoms with van der Waals surface area (Å²) in [4.78, 5) is 5.01. The van der Waals surface area contributed by atoms with E-state index < -0.39 is 0 Å². The quantitative estimate of drug-likeness (QED) is 0.869. The molecule has 1 fully saturated rings. The zero-order valence-corrected chi connectivity index (χ0v) is 13.7. The van der Waals surface area contributed by atoms with Gasteiger partial charge in [0.05, 0.1) is 11.6 Å². The Morgan fingerprint density at radius 3 is 2.30 bits per heavy atom. The zero-order valence-electron chi connectivity index (χ0n) is 13.7. The van der Waals surface area contributed by atoms with Crippen LogP contribution in [0.4, 0.5) is 0 Å². The summed E-state index contributed by atoms with van der Waals surface area (Å²) >= 11 is 0. The molecule has 2 aromatic carbocycles. The molecule has 0 saturated carbocycles. The fourth-order valence-electron chi connectivity index (χ4n) is 3.13. The lowest BCUT2D eigenvalue weighted by Gasteiger charge is -2.35. The average molecular weight is 305 g/mol. The van der Waals surface area contributed by atoms with Gasteiger partial charge in [0.25, 0.3) is 0 Å². The zero-order chi connectivity index (χ0) is 16.1. The van der Waals surface area contributed by atoms with Gasteiger partial charge in [0.1, 0.15) is 0 Å². The van der Waals surface area contributed by atoms with Crippen molar-refractivity contribution >= 4 is 0 Å². The van der Waals surface area contributed by atoms with Gasteiger partial charge in [-0.2, -0.15) is 5.26 Å². The molecule has 1 aliphatic heterocycles. The molecule has 0 aliphatic carbocycles. The number of rotatable bonds is 4. The number of hydrogen-bond acceptors (Lipinski definition) is 3. The largest absolute Gasteiger partial charge is 0.297 e. The molecule has 3 rings (SSSR count). The van der Waals surface area contributed by atoms with Gasteiger partial charge in [-0.1, -0.05) is 36.4 Å². The van der Waals surface area contributed by atoms with Crippen LogP contribution in [0.3, 0.4) is 0 Å². The van der Waals surface area contributed by atoms with Crippen molar-refractivity contribution in [1.82, 2.24) is 9.80 Å². The van der Waals surface area contributed by atoms with E-state index in [0.717, 1.165) is 44.8 Å². The van der Waals surface area contributed by atoms with Crippen LogP contribution in [0.2, 0.25) is 0 Å². The van der Waals surface area contributed by atoms with Crippen LogP contribution in [0.25, 0.3) is 0 Å². The van der Waals surface area contributed by atoms with Crippen LogP contribution in [0.5, 0.6) is 0 Å². The Kier molecular flexibility index (Phi) is 5.07. The van der Waals surface area contributed by atoms with Crippen LogP contribution in [-0.4, -0.2) is 36.0 Å². The molecule has 3 nitrogen and oxygen atoms in total. The highest BCUT2D eigenvalue weighted by Gasteiger charge is 2.17. The van der Waals surface area contributed by atoms with Crippen LogP contribution in [0.15, 0.2) is 48.5 Å². The van der Waals surface area contributed by atoms with Crippen molar-refractivity contribution in [3.63, 3.8) is 0 Å². The molecule has 1 saturated heterocycles. The first-order chi connectivity index (χ1) is 11.2. The third-order valence-corrected chi connectivity index (χ3v) is 4.58. The van der Waals surface area contributed by atoms with Crippen LogP contribution in [0.1, 0.15) is 22.3 Å². The van der Waals surface area contributed by atoms with Crippen LogP contribution in [0, 0.1) is 18.3 Å². The Labute approximate surface area is 138 Å². The van der Waals surface area contributed by atoms with E-state index in [1.54, 1.807) is 0 Å². The molecule has 118 valence electrons. The third-order valence-electron chi connectivity index (χ3n) is 4.58. The van der Waals surface area contributed by atoms with E-state index >= 15 is 0 Å². The number of nitrogens with zero attached hydrogens (tertiary/aromatic N) is 3. The van der Waals surface area contributed by atoms with Crippen molar-refractivity contribution in [2.45, 2.75) is 20.0 Å². The Hall–Kier alpha value is -2.15. The first-order valence-corrected chi connectivity index (χ1v) is 8.23. The van der Waals surface area contributed by atoms with Crippen LogP contribution >= 0.6 is 0 Å². The minimum atomic E-state index is 0.751. The maximum Gasteiger partial charge on any atom is 0.0991 e. The van der Waals surface area contributed by atoms with Gasteiger partial charge in [-0.05, 0) is 35.7 Å². The normalized spacial score (nSPS) is 16.2. The summed E-state index contributed by atoms with van der Waals surface area (Å²) in [5, 5.41) is 8.99. The molecular weight excluding hydrogens is 282 g/mol. The monoisotopic (exact) mass is 305 g/mol. The molecule has 23 heavy (non-hydrogen) atoms. The van der Waals surface area contributed by atoms with E-state index in [4.69, 9.17) is 5.26 Å². The van der Waals surface area contributed by atoms with Gasteiger partial charge in [-0.3, -0.25) is 9.80 Å². The second-order valence-corrected chi connectivity index (χ2v) is 6.29. The Bertz CT molecular complexity index is 694. The summed E-state index contributed by atoms with van der Waals surface area (Å²) in [7, 11) is 0. The minimum absolute atomic E-state index is 0.751. The molecule has 0 spiro atoms. The number of piperazine rings is 1. The van der Waals surface area contributed by atoms with E-state index in [1.807, 2.05) is 18.2 Å². The third kappa shape index (κ3) is 4.19. The van der Waals surface area contributed by atoms with Gasteiger partial charge in [0, 0.05) is 39.3 Å². The smallest absolute Gasteiger partial charge is 0.0991 e. The number of aryl methyl sites for hydroxylation is 1. The van der Waals surface area contributed by atoms with Gasteiger partial charge in [-0.15, -0.1) is 0 Å². The molecule has 3 heteroatoms. The highest BCUT2D eigenvalue weighted by Crippen LogP contribution is 2.14. The van der Waals surface area contributed by atoms with Crippen molar-refractivity contribution in [1.29, 1.82) is 5.26 Å². The molecule has 1 heterocycles.